The Labute approximate surface area is 136 Å². The van der Waals surface area contributed by atoms with Crippen LogP contribution >= 0.6 is 0 Å². The monoisotopic (exact) mass is 314 g/mol. The second kappa shape index (κ2) is 7.44. The number of rotatable bonds is 5. The van der Waals surface area contributed by atoms with Crippen molar-refractivity contribution >= 4 is 5.91 Å². The molecule has 23 heavy (non-hydrogen) atoms. The zero-order valence-corrected chi connectivity index (χ0v) is 13.3. The third-order valence-electron chi connectivity index (χ3n) is 4.20. The van der Waals surface area contributed by atoms with E-state index in [9.17, 15) is 4.79 Å². The van der Waals surface area contributed by atoms with Crippen LogP contribution in [0.4, 0.5) is 0 Å². The Kier molecular flexibility index (Phi) is 5.10. The summed E-state index contributed by atoms with van der Waals surface area (Å²) in [6, 6.07) is 12.2. The largest absolute Gasteiger partial charge is 0.459 e. The summed E-state index contributed by atoms with van der Waals surface area (Å²) in [5, 5.41) is 3.01. The summed E-state index contributed by atoms with van der Waals surface area (Å²) in [5.41, 5.74) is 2.05. The van der Waals surface area contributed by atoms with Gasteiger partial charge in [0.15, 0.2) is 5.76 Å². The zero-order chi connectivity index (χ0) is 16.1. The molecule has 2 aromatic rings. The highest BCUT2D eigenvalue weighted by Gasteiger charge is 2.24. The number of amides is 1. The number of carbonyl (C=O) groups is 1. The molecule has 1 aliphatic rings. The van der Waals surface area contributed by atoms with Crippen LogP contribution in [0, 0.1) is 6.92 Å². The van der Waals surface area contributed by atoms with Crippen LogP contribution in [0.25, 0.3) is 0 Å². The Bertz CT molecular complexity index is 633. The summed E-state index contributed by atoms with van der Waals surface area (Å²) in [6.45, 7) is 5.62. The van der Waals surface area contributed by atoms with Crippen LogP contribution in [0.3, 0.4) is 0 Å². The lowest BCUT2D eigenvalue weighted by molar-refractivity contribution is 0.0161. The molecule has 0 spiro atoms. The van der Waals surface area contributed by atoms with Gasteiger partial charge in [0.25, 0.3) is 5.91 Å². The number of morpholine rings is 1. The second-order valence-electron chi connectivity index (χ2n) is 5.72. The van der Waals surface area contributed by atoms with E-state index in [0.29, 0.717) is 12.3 Å². The quantitative estimate of drug-likeness (QED) is 0.921. The van der Waals surface area contributed by atoms with Crippen LogP contribution in [-0.4, -0.2) is 43.7 Å². The van der Waals surface area contributed by atoms with Crippen molar-refractivity contribution < 1.29 is 13.9 Å². The number of aryl methyl sites for hydroxylation is 1. The standard InChI is InChI=1S/C18H22N2O3/c1-14-7-10-23-17(14)18(21)19-13-16(15-5-3-2-4-6-15)20-8-11-22-12-9-20/h2-7,10,16H,8-9,11-13H2,1H3,(H,19,21). The van der Waals surface area contributed by atoms with E-state index in [-0.39, 0.29) is 11.9 Å². The first kappa shape index (κ1) is 15.8. The van der Waals surface area contributed by atoms with Gasteiger partial charge in [0.1, 0.15) is 0 Å². The molecule has 1 fully saturated rings. The molecule has 122 valence electrons. The van der Waals surface area contributed by atoms with Crippen molar-refractivity contribution in [2.45, 2.75) is 13.0 Å². The zero-order valence-electron chi connectivity index (χ0n) is 13.3. The molecule has 3 rings (SSSR count). The number of benzene rings is 1. The Morgan fingerprint density at radius 1 is 1.22 bits per heavy atom. The molecule has 0 saturated carbocycles. The number of carbonyl (C=O) groups excluding carboxylic acids is 1. The molecular weight excluding hydrogens is 292 g/mol. The Morgan fingerprint density at radius 2 is 1.96 bits per heavy atom. The van der Waals surface area contributed by atoms with Gasteiger partial charge in [-0.2, -0.15) is 0 Å². The fourth-order valence-corrected chi connectivity index (χ4v) is 2.90. The molecule has 1 unspecified atom stereocenters. The van der Waals surface area contributed by atoms with Gasteiger partial charge in [-0.1, -0.05) is 30.3 Å². The minimum absolute atomic E-state index is 0.138. The van der Waals surface area contributed by atoms with Gasteiger partial charge in [0.2, 0.25) is 0 Å². The van der Waals surface area contributed by atoms with E-state index in [1.807, 2.05) is 25.1 Å². The molecule has 0 radical (unpaired) electrons. The van der Waals surface area contributed by atoms with E-state index in [2.05, 4.69) is 22.3 Å². The van der Waals surface area contributed by atoms with Crippen LogP contribution in [-0.2, 0) is 4.74 Å². The molecular formula is C18H22N2O3. The van der Waals surface area contributed by atoms with Crippen molar-refractivity contribution in [2.24, 2.45) is 0 Å². The summed E-state index contributed by atoms with van der Waals surface area (Å²) in [4.78, 5) is 14.7. The Balaban J connectivity index is 1.71. The lowest BCUT2D eigenvalue weighted by atomic mass is 10.0. The highest BCUT2D eigenvalue weighted by Crippen LogP contribution is 2.21. The predicted molar refractivity (Wildman–Crippen MR) is 87.4 cm³/mol. The number of furan rings is 1. The van der Waals surface area contributed by atoms with Gasteiger partial charge in [0.05, 0.1) is 25.5 Å². The lowest BCUT2D eigenvalue weighted by Gasteiger charge is -2.34. The van der Waals surface area contributed by atoms with Crippen molar-refractivity contribution in [3.8, 4) is 0 Å². The Morgan fingerprint density at radius 3 is 2.61 bits per heavy atom. The SMILES string of the molecule is Cc1ccoc1C(=O)NCC(c1ccccc1)N1CCOCC1. The minimum atomic E-state index is -0.165. The number of hydrogen-bond acceptors (Lipinski definition) is 4. The molecule has 1 aromatic heterocycles. The third kappa shape index (κ3) is 3.81. The molecule has 2 heterocycles. The summed E-state index contributed by atoms with van der Waals surface area (Å²) < 4.78 is 10.7. The lowest BCUT2D eigenvalue weighted by Crippen LogP contribution is -2.43. The van der Waals surface area contributed by atoms with Gasteiger partial charge < -0.3 is 14.5 Å². The maximum Gasteiger partial charge on any atom is 0.287 e. The summed E-state index contributed by atoms with van der Waals surface area (Å²) in [6.07, 6.45) is 1.54. The highest BCUT2D eigenvalue weighted by molar-refractivity contribution is 5.92. The van der Waals surface area contributed by atoms with Gasteiger partial charge in [-0.05, 0) is 18.6 Å². The van der Waals surface area contributed by atoms with Crippen LogP contribution in [0.1, 0.15) is 27.7 Å². The average Bonchev–Trinajstić information content (AvgIpc) is 3.03. The van der Waals surface area contributed by atoms with Crippen molar-refractivity contribution in [3.63, 3.8) is 0 Å². The molecule has 5 heteroatoms. The van der Waals surface area contributed by atoms with Crippen LogP contribution in [0.2, 0.25) is 0 Å². The van der Waals surface area contributed by atoms with Gasteiger partial charge in [-0.15, -0.1) is 0 Å². The second-order valence-corrected chi connectivity index (χ2v) is 5.72. The van der Waals surface area contributed by atoms with Gasteiger partial charge >= 0.3 is 0 Å². The van der Waals surface area contributed by atoms with Crippen molar-refractivity contribution in [2.75, 3.05) is 32.8 Å². The number of hydrogen-bond donors (Lipinski definition) is 1. The van der Waals surface area contributed by atoms with E-state index < -0.39 is 0 Å². The van der Waals surface area contributed by atoms with E-state index in [0.717, 1.165) is 31.9 Å². The molecule has 5 nitrogen and oxygen atoms in total. The topological polar surface area (TPSA) is 54.7 Å². The molecule has 1 N–H and O–H groups in total. The fraction of sp³-hybridized carbons (Fsp3) is 0.389. The van der Waals surface area contributed by atoms with E-state index in [4.69, 9.17) is 9.15 Å². The molecule has 1 aromatic carbocycles. The molecule has 0 bridgehead atoms. The Hall–Kier alpha value is -2.11. The first-order chi connectivity index (χ1) is 11.3. The normalized spacial score (nSPS) is 16.9. The highest BCUT2D eigenvalue weighted by atomic mass is 16.5. The van der Waals surface area contributed by atoms with E-state index in [1.54, 1.807) is 12.3 Å². The molecule has 1 saturated heterocycles. The average molecular weight is 314 g/mol. The van der Waals surface area contributed by atoms with Crippen LogP contribution in [0.15, 0.2) is 47.1 Å². The minimum Gasteiger partial charge on any atom is -0.459 e. The molecule has 1 amide bonds. The number of nitrogens with zero attached hydrogens (tertiary/aromatic N) is 1. The maximum atomic E-state index is 12.3. The first-order valence-corrected chi connectivity index (χ1v) is 7.95. The molecule has 0 aliphatic carbocycles. The fourth-order valence-electron chi connectivity index (χ4n) is 2.90. The maximum absolute atomic E-state index is 12.3. The van der Waals surface area contributed by atoms with Crippen molar-refractivity contribution in [1.29, 1.82) is 0 Å². The van der Waals surface area contributed by atoms with Gasteiger partial charge in [-0.3, -0.25) is 9.69 Å². The smallest absolute Gasteiger partial charge is 0.287 e. The summed E-state index contributed by atoms with van der Waals surface area (Å²) >= 11 is 0. The molecule has 1 aliphatic heterocycles. The third-order valence-corrected chi connectivity index (χ3v) is 4.20. The van der Waals surface area contributed by atoms with Crippen LogP contribution < -0.4 is 5.32 Å². The predicted octanol–water partition coefficient (Wildman–Crippen LogP) is 2.39. The first-order valence-electron chi connectivity index (χ1n) is 7.95. The number of nitrogens with one attached hydrogen (secondary N) is 1. The summed E-state index contributed by atoms with van der Waals surface area (Å²) in [5.74, 6) is 0.223. The van der Waals surface area contributed by atoms with Crippen LogP contribution in [0.5, 0.6) is 0 Å². The van der Waals surface area contributed by atoms with Gasteiger partial charge in [0, 0.05) is 25.2 Å². The van der Waals surface area contributed by atoms with E-state index >= 15 is 0 Å². The van der Waals surface area contributed by atoms with Crippen molar-refractivity contribution in [1.82, 2.24) is 10.2 Å². The number of ether oxygens (including phenoxy) is 1. The molecule has 1 atom stereocenters. The van der Waals surface area contributed by atoms with Crippen molar-refractivity contribution in [3.05, 3.63) is 59.5 Å². The summed E-state index contributed by atoms with van der Waals surface area (Å²) in [7, 11) is 0. The van der Waals surface area contributed by atoms with Gasteiger partial charge in [-0.25, -0.2) is 0 Å². The van der Waals surface area contributed by atoms with E-state index in [1.165, 1.54) is 5.56 Å².